The van der Waals surface area contributed by atoms with Crippen molar-refractivity contribution in [3.05, 3.63) is 36.8 Å². The van der Waals surface area contributed by atoms with Gasteiger partial charge in [-0.3, -0.25) is 4.98 Å². The summed E-state index contributed by atoms with van der Waals surface area (Å²) in [6.07, 6.45) is 5.13. The second-order valence-electron chi connectivity index (χ2n) is 3.25. The van der Waals surface area contributed by atoms with E-state index in [1.807, 2.05) is 18.2 Å². The summed E-state index contributed by atoms with van der Waals surface area (Å²) >= 11 is 0. The van der Waals surface area contributed by atoms with Crippen LogP contribution in [0.2, 0.25) is 0 Å². The Morgan fingerprint density at radius 2 is 1.88 bits per heavy atom. The average molecular weight is 212 g/mol. The van der Waals surface area contributed by atoms with Gasteiger partial charge in [0.1, 0.15) is 0 Å². The summed E-state index contributed by atoms with van der Waals surface area (Å²) in [6, 6.07) is 5.65. The molecule has 0 radical (unpaired) electrons. The Morgan fingerprint density at radius 1 is 1.06 bits per heavy atom. The third-order valence-electron chi connectivity index (χ3n) is 2.23. The molecule has 0 saturated carbocycles. The maximum atomic E-state index is 5.54. The van der Waals surface area contributed by atoms with Crippen LogP contribution >= 0.6 is 0 Å². The second kappa shape index (κ2) is 3.27. The minimum Gasteiger partial charge on any atom is -0.366 e. The van der Waals surface area contributed by atoms with E-state index in [4.69, 9.17) is 5.73 Å². The molecular formula is C10H8N6. The standard InChI is InChI=1S/C10H8N6/c11-9-14-10-13-6-3-8(16(10)15-9)7-1-4-12-5-2-7/h1-6H,(H2,11,15). The highest BCUT2D eigenvalue weighted by Gasteiger charge is 2.07. The van der Waals surface area contributed by atoms with Gasteiger partial charge in [-0.1, -0.05) is 0 Å². The van der Waals surface area contributed by atoms with Gasteiger partial charge in [-0.15, -0.1) is 5.10 Å². The molecule has 0 unspecified atom stereocenters. The number of rotatable bonds is 1. The van der Waals surface area contributed by atoms with Gasteiger partial charge in [-0.05, 0) is 18.2 Å². The number of nitrogens with zero attached hydrogens (tertiary/aromatic N) is 5. The van der Waals surface area contributed by atoms with Crippen LogP contribution in [0.5, 0.6) is 0 Å². The first kappa shape index (κ1) is 8.78. The summed E-state index contributed by atoms with van der Waals surface area (Å²) in [4.78, 5) is 12.1. The Hall–Kier alpha value is -2.50. The summed E-state index contributed by atoms with van der Waals surface area (Å²) < 4.78 is 1.62. The van der Waals surface area contributed by atoms with Gasteiger partial charge < -0.3 is 5.73 Å². The molecule has 16 heavy (non-hydrogen) atoms. The quantitative estimate of drug-likeness (QED) is 0.644. The van der Waals surface area contributed by atoms with Gasteiger partial charge in [0.05, 0.1) is 5.69 Å². The van der Waals surface area contributed by atoms with Gasteiger partial charge in [0.25, 0.3) is 5.78 Å². The van der Waals surface area contributed by atoms with Crippen molar-refractivity contribution in [2.24, 2.45) is 0 Å². The maximum Gasteiger partial charge on any atom is 0.254 e. The number of nitrogens with two attached hydrogens (primary N) is 1. The predicted octanol–water partition coefficient (Wildman–Crippen LogP) is 0.768. The van der Waals surface area contributed by atoms with E-state index in [9.17, 15) is 0 Å². The van der Waals surface area contributed by atoms with E-state index < -0.39 is 0 Å². The smallest absolute Gasteiger partial charge is 0.254 e. The van der Waals surface area contributed by atoms with Gasteiger partial charge in [0, 0.05) is 24.2 Å². The number of fused-ring (bicyclic) bond motifs is 1. The molecular weight excluding hydrogens is 204 g/mol. The van der Waals surface area contributed by atoms with Crippen molar-refractivity contribution in [3.8, 4) is 11.3 Å². The first-order chi connectivity index (χ1) is 7.84. The SMILES string of the molecule is Nc1nc2nccc(-c3ccncc3)n2n1. The minimum atomic E-state index is 0.217. The van der Waals surface area contributed by atoms with Crippen molar-refractivity contribution in [3.63, 3.8) is 0 Å². The number of anilines is 1. The number of aromatic nitrogens is 5. The van der Waals surface area contributed by atoms with E-state index in [0.717, 1.165) is 11.3 Å². The lowest BCUT2D eigenvalue weighted by molar-refractivity contribution is 0.952. The molecule has 0 aliphatic rings. The Bertz CT molecular complexity index is 630. The summed E-state index contributed by atoms with van der Waals surface area (Å²) in [7, 11) is 0. The highest BCUT2D eigenvalue weighted by molar-refractivity contribution is 5.60. The van der Waals surface area contributed by atoms with Crippen LogP contribution in [0.4, 0.5) is 5.95 Å². The van der Waals surface area contributed by atoms with Crippen LogP contribution in [0.25, 0.3) is 17.0 Å². The number of hydrogen-bond acceptors (Lipinski definition) is 5. The fourth-order valence-corrected chi connectivity index (χ4v) is 1.55. The van der Waals surface area contributed by atoms with Crippen molar-refractivity contribution >= 4 is 11.7 Å². The summed E-state index contributed by atoms with van der Waals surface area (Å²) in [5, 5.41) is 4.09. The van der Waals surface area contributed by atoms with Crippen molar-refractivity contribution in [2.75, 3.05) is 5.73 Å². The molecule has 0 amide bonds. The van der Waals surface area contributed by atoms with Crippen LogP contribution in [-0.4, -0.2) is 24.6 Å². The van der Waals surface area contributed by atoms with Crippen LogP contribution in [0.15, 0.2) is 36.8 Å². The topological polar surface area (TPSA) is 82.0 Å². The number of pyridine rings is 1. The molecule has 2 N–H and O–H groups in total. The predicted molar refractivity (Wildman–Crippen MR) is 58.4 cm³/mol. The molecule has 6 heteroatoms. The van der Waals surface area contributed by atoms with E-state index in [2.05, 4.69) is 20.1 Å². The van der Waals surface area contributed by atoms with Gasteiger partial charge >= 0.3 is 0 Å². The zero-order valence-corrected chi connectivity index (χ0v) is 8.28. The fraction of sp³-hybridized carbons (Fsp3) is 0. The van der Waals surface area contributed by atoms with E-state index in [1.54, 1.807) is 23.1 Å². The van der Waals surface area contributed by atoms with Crippen LogP contribution in [0, 0.1) is 0 Å². The highest BCUT2D eigenvalue weighted by atomic mass is 15.4. The Labute approximate surface area is 90.8 Å². The van der Waals surface area contributed by atoms with E-state index >= 15 is 0 Å². The van der Waals surface area contributed by atoms with Crippen LogP contribution < -0.4 is 5.73 Å². The number of nitrogen functional groups attached to an aromatic ring is 1. The highest BCUT2D eigenvalue weighted by Crippen LogP contribution is 2.17. The first-order valence-electron chi connectivity index (χ1n) is 4.72. The molecule has 3 aromatic heterocycles. The number of hydrogen-bond donors (Lipinski definition) is 1. The third kappa shape index (κ3) is 1.28. The fourth-order valence-electron chi connectivity index (χ4n) is 1.55. The van der Waals surface area contributed by atoms with E-state index in [-0.39, 0.29) is 5.95 Å². The zero-order valence-electron chi connectivity index (χ0n) is 8.28. The molecule has 0 fully saturated rings. The van der Waals surface area contributed by atoms with Crippen LogP contribution in [-0.2, 0) is 0 Å². The van der Waals surface area contributed by atoms with E-state index in [0.29, 0.717) is 5.78 Å². The molecule has 0 saturated heterocycles. The molecule has 0 spiro atoms. The maximum absolute atomic E-state index is 5.54. The molecule has 0 bridgehead atoms. The normalized spacial score (nSPS) is 10.8. The lowest BCUT2D eigenvalue weighted by Gasteiger charge is -2.01. The molecule has 0 aromatic carbocycles. The summed E-state index contributed by atoms with van der Waals surface area (Å²) in [5.74, 6) is 0.709. The molecule has 0 aliphatic heterocycles. The van der Waals surface area contributed by atoms with Crippen LogP contribution in [0.1, 0.15) is 0 Å². The minimum absolute atomic E-state index is 0.217. The molecule has 6 nitrogen and oxygen atoms in total. The lowest BCUT2D eigenvalue weighted by atomic mass is 10.2. The monoisotopic (exact) mass is 212 g/mol. The lowest BCUT2D eigenvalue weighted by Crippen LogP contribution is -1.96. The van der Waals surface area contributed by atoms with E-state index in [1.165, 1.54) is 0 Å². The van der Waals surface area contributed by atoms with Crippen LogP contribution in [0.3, 0.4) is 0 Å². The van der Waals surface area contributed by atoms with Crippen molar-refractivity contribution in [1.29, 1.82) is 0 Å². The van der Waals surface area contributed by atoms with Gasteiger partial charge in [0.15, 0.2) is 0 Å². The second-order valence-corrected chi connectivity index (χ2v) is 3.25. The van der Waals surface area contributed by atoms with Crippen molar-refractivity contribution in [2.45, 2.75) is 0 Å². The molecule has 0 aliphatic carbocycles. The largest absolute Gasteiger partial charge is 0.366 e. The van der Waals surface area contributed by atoms with Crippen molar-refractivity contribution < 1.29 is 0 Å². The third-order valence-corrected chi connectivity index (χ3v) is 2.23. The molecule has 3 rings (SSSR count). The summed E-state index contributed by atoms with van der Waals surface area (Å²) in [5.41, 5.74) is 7.42. The molecule has 3 aromatic rings. The Morgan fingerprint density at radius 3 is 2.69 bits per heavy atom. The zero-order chi connectivity index (χ0) is 11.0. The first-order valence-corrected chi connectivity index (χ1v) is 4.72. The average Bonchev–Trinajstić information content (AvgIpc) is 2.70. The molecule has 0 atom stereocenters. The van der Waals surface area contributed by atoms with Crippen molar-refractivity contribution in [1.82, 2.24) is 24.6 Å². The Balaban J connectivity index is 2.31. The Kier molecular flexibility index (Phi) is 1.79. The van der Waals surface area contributed by atoms with Gasteiger partial charge in [-0.2, -0.15) is 9.50 Å². The van der Waals surface area contributed by atoms with Gasteiger partial charge in [-0.25, -0.2) is 4.98 Å². The summed E-state index contributed by atoms with van der Waals surface area (Å²) in [6.45, 7) is 0. The molecule has 78 valence electrons. The molecule has 3 heterocycles. The van der Waals surface area contributed by atoms with Gasteiger partial charge in [0.2, 0.25) is 5.95 Å².